The van der Waals surface area contributed by atoms with Gasteiger partial charge in [0.1, 0.15) is 0 Å². The van der Waals surface area contributed by atoms with Gasteiger partial charge < -0.3 is 10.6 Å². The van der Waals surface area contributed by atoms with Gasteiger partial charge in [0.05, 0.1) is 11.4 Å². The number of carbonyl (C=O) groups excluding carboxylic acids is 2. The maximum Gasteiger partial charge on any atom is 0.251 e. The van der Waals surface area contributed by atoms with Crippen LogP contribution in [-0.2, 0) is 21.2 Å². The van der Waals surface area contributed by atoms with Crippen LogP contribution in [0.4, 0.5) is 0 Å². The molecule has 30 heavy (non-hydrogen) atoms. The van der Waals surface area contributed by atoms with Gasteiger partial charge in [0.2, 0.25) is 15.9 Å². The van der Waals surface area contributed by atoms with Crippen LogP contribution in [0.1, 0.15) is 40.2 Å². The van der Waals surface area contributed by atoms with E-state index in [1.54, 1.807) is 12.1 Å². The summed E-state index contributed by atoms with van der Waals surface area (Å²) in [6.07, 6.45) is 3.17. The highest BCUT2D eigenvalue weighted by Crippen LogP contribution is 2.30. The third-order valence-electron chi connectivity index (χ3n) is 5.74. The van der Waals surface area contributed by atoms with Crippen LogP contribution in [-0.4, -0.2) is 50.7 Å². The van der Waals surface area contributed by atoms with Gasteiger partial charge in [-0.05, 0) is 48.6 Å². The van der Waals surface area contributed by atoms with Crippen LogP contribution in [0.25, 0.3) is 0 Å². The molecular formula is C22H25N3O4S. The lowest BCUT2D eigenvalue weighted by Crippen LogP contribution is -2.49. The number of carbonyl (C=O) groups is 2. The zero-order valence-corrected chi connectivity index (χ0v) is 17.5. The first-order valence-corrected chi connectivity index (χ1v) is 11.6. The summed E-state index contributed by atoms with van der Waals surface area (Å²) in [4.78, 5) is 24.3. The van der Waals surface area contributed by atoms with Crippen molar-refractivity contribution in [3.05, 3.63) is 65.2 Å². The Morgan fingerprint density at radius 3 is 2.83 bits per heavy atom. The van der Waals surface area contributed by atoms with Gasteiger partial charge in [0.25, 0.3) is 5.91 Å². The van der Waals surface area contributed by atoms with Gasteiger partial charge in [-0.25, -0.2) is 8.42 Å². The van der Waals surface area contributed by atoms with Crippen molar-refractivity contribution in [3.63, 3.8) is 0 Å². The Kier molecular flexibility index (Phi) is 5.87. The molecule has 4 rings (SSSR count). The molecule has 0 aromatic heterocycles. The number of amides is 2. The Labute approximate surface area is 176 Å². The van der Waals surface area contributed by atoms with Gasteiger partial charge in [-0.15, -0.1) is 0 Å². The lowest BCUT2D eigenvalue weighted by atomic mass is 9.83. The molecule has 1 saturated heterocycles. The second-order valence-electron chi connectivity index (χ2n) is 7.71. The van der Waals surface area contributed by atoms with Crippen molar-refractivity contribution in [1.82, 2.24) is 14.9 Å². The molecule has 7 nitrogen and oxygen atoms in total. The van der Waals surface area contributed by atoms with Crippen molar-refractivity contribution in [1.29, 1.82) is 0 Å². The average molecular weight is 428 g/mol. The molecule has 1 fully saturated rings. The number of aryl methyl sites for hydroxylation is 1. The number of hydrogen-bond acceptors (Lipinski definition) is 4. The van der Waals surface area contributed by atoms with E-state index in [4.69, 9.17) is 0 Å². The van der Waals surface area contributed by atoms with Gasteiger partial charge in [0.15, 0.2) is 0 Å². The number of fused-ring (bicyclic) bond motifs is 1. The monoisotopic (exact) mass is 427 g/mol. The first-order valence-electron chi connectivity index (χ1n) is 10.2. The summed E-state index contributed by atoms with van der Waals surface area (Å²) in [5.41, 5.74) is 2.91. The van der Waals surface area contributed by atoms with Crippen LogP contribution in [0.5, 0.6) is 0 Å². The molecule has 2 aromatic carbocycles. The Balaban J connectivity index is 1.46. The lowest BCUT2D eigenvalue weighted by molar-refractivity contribution is -0.122. The molecule has 0 radical (unpaired) electrons. The summed E-state index contributed by atoms with van der Waals surface area (Å²) in [5.74, 6) is -0.365. The number of rotatable bonds is 5. The van der Waals surface area contributed by atoms with E-state index >= 15 is 0 Å². The van der Waals surface area contributed by atoms with Crippen molar-refractivity contribution in [2.75, 3.05) is 26.2 Å². The minimum atomic E-state index is -3.83. The minimum Gasteiger partial charge on any atom is -0.354 e. The number of sulfonamides is 1. The van der Waals surface area contributed by atoms with Crippen LogP contribution in [0, 0.1) is 0 Å². The van der Waals surface area contributed by atoms with E-state index < -0.39 is 10.0 Å². The molecule has 0 unspecified atom stereocenters. The molecule has 2 N–H and O–H groups in total. The predicted molar refractivity (Wildman–Crippen MR) is 113 cm³/mol. The van der Waals surface area contributed by atoms with Crippen molar-refractivity contribution in [2.24, 2.45) is 0 Å². The molecule has 1 aliphatic heterocycles. The largest absolute Gasteiger partial charge is 0.354 e. The van der Waals surface area contributed by atoms with Crippen LogP contribution in [0.2, 0.25) is 0 Å². The van der Waals surface area contributed by atoms with Gasteiger partial charge in [-0.3, -0.25) is 9.59 Å². The molecule has 0 spiro atoms. The van der Waals surface area contributed by atoms with Crippen LogP contribution < -0.4 is 10.6 Å². The molecule has 8 heteroatoms. The highest BCUT2D eigenvalue weighted by molar-refractivity contribution is 7.89. The second-order valence-corrected chi connectivity index (χ2v) is 9.65. The molecule has 0 bridgehead atoms. The summed E-state index contributed by atoms with van der Waals surface area (Å²) in [5, 5.41) is 5.57. The summed E-state index contributed by atoms with van der Waals surface area (Å²) >= 11 is 0. The van der Waals surface area contributed by atoms with Crippen LogP contribution in [0.3, 0.4) is 0 Å². The first-order chi connectivity index (χ1) is 14.4. The number of nitrogens with zero attached hydrogens (tertiary/aromatic N) is 1. The zero-order valence-electron chi connectivity index (χ0n) is 16.6. The van der Waals surface area contributed by atoms with Crippen molar-refractivity contribution in [3.8, 4) is 0 Å². The summed E-state index contributed by atoms with van der Waals surface area (Å²) in [6, 6.07) is 14.3. The fourth-order valence-electron chi connectivity index (χ4n) is 4.15. The average Bonchev–Trinajstić information content (AvgIpc) is 2.77. The van der Waals surface area contributed by atoms with Crippen molar-refractivity contribution in [2.45, 2.75) is 30.1 Å². The van der Waals surface area contributed by atoms with Crippen molar-refractivity contribution < 1.29 is 18.0 Å². The smallest absolute Gasteiger partial charge is 0.251 e. The molecule has 2 amide bonds. The fourth-order valence-corrected chi connectivity index (χ4v) is 5.60. The van der Waals surface area contributed by atoms with Gasteiger partial charge in [-0.2, -0.15) is 4.31 Å². The quantitative estimate of drug-likeness (QED) is 0.759. The van der Waals surface area contributed by atoms with E-state index in [0.717, 1.165) is 23.6 Å². The number of hydrogen-bond donors (Lipinski definition) is 2. The van der Waals surface area contributed by atoms with Gasteiger partial charge in [-0.1, -0.05) is 30.3 Å². The Bertz CT molecular complexity index is 1070. The molecule has 158 valence electrons. The number of benzene rings is 2. The van der Waals surface area contributed by atoms with E-state index in [1.165, 1.54) is 23.3 Å². The molecule has 1 heterocycles. The molecule has 0 saturated carbocycles. The first kappa shape index (κ1) is 20.6. The normalized spacial score (nSPS) is 19.6. The SMILES string of the molecule is O=C1CN(S(=O)(=O)c2cccc(C(=O)NC[C@H]3CCCc4ccccc43)c2)CCN1. The zero-order chi connectivity index (χ0) is 21.1. The Hall–Kier alpha value is -2.71. The maximum atomic E-state index is 12.9. The van der Waals surface area contributed by atoms with E-state index in [0.29, 0.717) is 12.1 Å². The summed E-state index contributed by atoms with van der Waals surface area (Å²) < 4.78 is 26.9. The molecule has 1 atom stereocenters. The fraction of sp³-hybridized carbons (Fsp3) is 0.364. The molecular weight excluding hydrogens is 402 g/mol. The highest BCUT2D eigenvalue weighted by Gasteiger charge is 2.29. The lowest BCUT2D eigenvalue weighted by Gasteiger charge is -2.26. The second kappa shape index (κ2) is 8.57. The van der Waals surface area contributed by atoms with Gasteiger partial charge >= 0.3 is 0 Å². The standard InChI is InChI=1S/C22H25N3O4S/c26-21-15-25(12-11-23-21)30(28,29)19-9-4-7-17(13-19)22(27)24-14-18-8-3-6-16-5-1-2-10-20(16)18/h1-2,4-5,7,9-10,13,18H,3,6,8,11-12,14-15H2,(H,23,26)(H,24,27)/t18-/m1/s1. The Morgan fingerprint density at radius 1 is 1.17 bits per heavy atom. The predicted octanol–water partition coefficient (Wildman–Crippen LogP) is 1.66. The molecule has 2 aliphatic rings. The number of piperazine rings is 1. The minimum absolute atomic E-state index is 0.0212. The van der Waals surface area contributed by atoms with Crippen LogP contribution >= 0.6 is 0 Å². The molecule has 2 aromatic rings. The van der Waals surface area contributed by atoms with Gasteiger partial charge in [0, 0.05) is 31.1 Å². The Morgan fingerprint density at radius 2 is 2.00 bits per heavy atom. The highest BCUT2D eigenvalue weighted by atomic mass is 32.2. The summed E-state index contributed by atoms with van der Waals surface area (Å²) in [6.45, 7) is 0.797. The van der Waals surface area contributed by atoms with E-state index in [-0.39, 0.29) is 42.3 Å². The maximum absolute atomic E-state index is 12.9. The van der Waals surface area contributed by atoms with E-state index in [1.807, 2.05) is 12.1 Å². The van der Waals surface area contributed by atoms with E-state index in [9.17, 15) is 18.0 Å². The topological polar surface area (TPSA) is 95.6 Å². The molecule has 1 aliphatic carbocycles. The van der Waals surface area contributed by atoms with Crippen LogP contribution in [0.15, 0.2) is 53.4 Å². The van der Waals surface area contributed by atoms with Crippen molar-refractivity contribution >= 4 is 21.8 Å². The number of nitrogens with one attached hydrogen (secondary N) is 2. The summed E-state index contributed by atoms with van der Waals surface area (Å²) in [7, 11) is -3.83. The third-order valence-corrected chi connectivity index (χ3v) is 7.58. The third kappa shape index (κ3) is 4.24. The van der Waals surface area contributed by atoms with E-state index in [2.05, 4.69) is 22.8 Å².